The molecule has 0 spiro atoms. The summed E-state index contributed by atoms with van der Waals surface area (Å²) in [7, 11) is 0. The van der Waals surface area contributed by atoms with E-state index >= 15 is 0 Å². The van der Waals surface area contributed by atoms with Crippen LogP contribution < -0.4 is 10.6 Å². The Morgan fingerprint density at radius 2 is 2.37 bits per heavy atom. The lowest BCUT2D eigenvalue weighted by molar-refractivity contribution is -0.135. The highest BCUT2D eigenvalue weighted by Gasteiger charge is 2.29. The van der Waals surface area contributed by atoms with Crippen LogP contribution >= 0.6 is 0 Å². The number of hydrogen-bond acceptors (Lipinski definition) is 4. The number of amides is 2. The van der Waals surface area contributed by atoms with Crippen LogP contribution in [0.3, 0.4) is 0 Å². The van der Waals surface area contributed by atoms with Gasteiger partial charge in [0.05, 0.1) is 6.54 Å². The van der Waals surface area contributed by atoms with Crippen molar-refractivity contribution in [1.29, 1.82) is 0 Å². The summed E-state index contributed by atoms with van der Waals surface area (Å²) in [5.41, 5.74) is 2.19. The van der Waals surface area contributed by atoms with Gasteiger partial charge in [0, 0.05) is 37.9 Å². The molecule has 2 aliphatic rings. The number of aromatic nitrogens is 1. The molecule has 2 amide bonds. The molecule has 6 nitrogen and oxygen atoms in total. The fourth-order valence-corrected chi connectivity index (χ4v) is 2.52. The van der Waals surface area contributed by atoms with Crippen molar-refractivity contribution < 1.29 is 9.59 Å². The third-order valence-corrected chi connectivity index (χ3v) is 3.59. The zero-order chi connectivity index (χ0) is 13.2. The average molecular weight is 260 g/mol. The van der Waals surface area contributed by atoms with Gasteiger partial charge in [-0.15, -0.1) is 0 Å². The molecule has 0 saturated carbocycles. The molecular weight excluding hydrogens is 244 g/mol. The number of carbonyl (C=O) groups excluding carboxylic acids is 2. The Kier molecular flexibility index (Phi) is 3.16. The Morgan fingerprint density at radius 1 is 1.47 bits per heavy atom. The summed E-state index contributed by atoms with van der Waals surface area (Å²) in [4.78, 5) is 29.6. The third-order valence-electron chi connectivity index (χ3n) is 3.59. The molecule has 1 fully saturated rings. The van der Waals surface area contributed by atoms with Crippen LogP contribution in [-0.2, 0) is 22.6 Å². The molecular formula is C13H16N4O2. The van der Waals surface area contributed by atoms with Gasteiger partial charge >= 0.3 is 0 Å². The molecule has 0 aromatic carbocycles. The van der Waals surface area contributed by atoms with E-state index in [0.29, 0.717) is 19.6 Å². The predicted octanol–water partition coefficient (Wildman–Crippen LogP) is -0.946. The molecule has 3 heterocycles. The number of nitrogens with one attached hydrogen (secondary N) is 2. The minimum atomic E-state index is -0.309. The molecule has 6 heteroatoms. The van der Waals surface area contributed by atoms with Gasteiger partial charge in [0.2, 0.25) is 11.8 Å². The summed E-state index contributed by atoms with van der Waals surface area (Å²) in [6.45, 7) is 1.87. The molecule has 100 valence electrons. The summed E-state index contributed by atoms with van der Waals surface area (Å²) < 4.78 is 0. The van der Waals surface area contributed by atoms with Crippen molar-refractivity contribution in [3.8, 4) is 0 Å². The zero-order valence-electron chi connectivity index (χ0n) is 10.6. The summed E-state index contributed by atoms with van der Waals surface area (Å²) in [6.07, 6.45) is 2.58. The standard InChI is InChI=1S/C13H16N4O2/c18-12-7-15-11(6-16-12)13(19)17-5-3-10-9(8-17)2-1-4-14-10/h1-2,4,11,15H,3,5-8H2,(H,16,18). The lowest BCUT2D eigenvalue weighted by atomic mass is 10.0. The number of rotatable bonds is 1. The Balaban J connectivity index is 1.67. The van der Waals surface area contributed by atoms with Crippen LogP contribution in [0.1, 0.15) is 11.3 Å². The molecule has 1 atom stereocenters. The van der Waals surface area contributed by atoms with E-state index in [4.69, 9.17) is 0 Å². The van der Waals surface area contributed by atoms with E-state index in [-0.39, 0.29) is 24.4 Å². The molecule has 0 bridgehead atoms. The van der Waals surface area contributed by atoms with Gasteiger partial charge in [0.1, 0.15) is 6.04 Å². The number of carbonyl (C=O) groups is 2. The summed E-state index contributed by atoms with van der Waals surface area (Å²) in [5.74, 6) is -0.00765. The van der Waals surface area contributed by atoms with E-state index in [2.05, 4.69) is 15.6 Å². The largest absolute Gasteiger partial charge is 0.353 e. The number of nitrogens with zero attached hydrogens (tertiary/aromatic N) is 2. The highest BCUT2D eigenvalue weighted by molar-refractivity contribution is 5.86. The molecule has 3 rings (SSSR count). The maximum absolute atomic E-state index is 12.4. The van der Waals surface area contributed by atoms with Gasteiger partial charge < -0.3 is 10.2 Å². The normalized spacial score (nSPS) is 22.6. The van der Waals surface area contributed by atoms with E-state index in [0.717, 1.165) is 17.7 Å². The van der Waals surface area contributed by atoms with Gasteiger partial charge in [-0.1, -0.05) is 6.07 Å². The maximum Gasteiger partial charge on any atom is 0.241 e. The monoisotopic (exact) mass is 260 g/mol. The van der Waals surface area contributed by atoms with Crippen LogP contribution in [0, 0.1) is 0 Å². The molecule has 2 aliphatic heterocycles. The fourth-order valence-electron chi connectivity index (χ4n) is 2.52. The van der Waals surface area contributed by atoms with Crippen molar-refractivity contribution in [3.05, 3.63) is 29.6 Å². The van der Waals surface area contributed by atoms with Gasteiger partial charge in [-0.25, -0.2) is 0 Å². The van der Waals surface area contributed by atoms with Gasteiger partial charge in [-0.3, -0.25) is 19.9 Å². The Bertz CT molecular complexity index is 507. The molecule has 0 radical (unpaired) electrons. The second kappa shape index (κ2) is 4.97. The average Bonchev–Trinajstić information content (AvgIpc) is 2.47. The zero-order valence-corrected chi connectivity index (χ0v) is 10.6. The topological polar surface area (TPSA) is 74.3 Å². The highest BCUT2D eigenvalue weighted by Crippen LogP contribution is 2.17. The minimum Gasteiger partial charge on any atom is -0.353 e. The van der Waals surface area contributed by atoms with Crippen LogP contribution in [0.15, 0.2) is 18.3 Å². The smallest absolute Gasteiger partial charge is 0.241 e. The molecule has 1 saturated heterocycles. The van der Waals surface area contributed by atoms with Gasteiger partial charge in [-0.05, 0) is 11.6 Å². The van der Waals surface area contributed by atoms with Crippen LogP contribution in [0.5, 0.6) is 0 Å². The van der Waals surface area contributed by atoms with E-state index in [1.807, 2.05) is 17.0 Å². The van der Waals surface area contributed by atoms with Crippen molar-refractivity contribution in [3.63, 3.8) is 0 Å². The van der Waals surface area contributed by atoms with Crippen molar-refractivity contribution >= 4 is 11.8 Å². The summed E-state index contributed by atoms with van der Waals surface area (Å²) >= 11 is 0. The third kappa shape index (κ3) is 2.44. The Hall–Kier alpha value is -1.95. The Labute approximate surface area is 111 Å². The van der Waals surface area contributed by atoms with Crippen molar-refractivity contribution in [1.82, 2.24) is 20.5 Å². The molecule has 1 aromatic heterocycles. The van der Waals surface area contributed by atoms with Gasteiger partial charge in [0.25, 0.3) is 0 Å². The van der Waals surface area contributed by atoms with Gasteiger partial charge in [0.15, 0.2) is 0 Å². The van der Waals surface area contributed by atoms with Crippen LogP contribution in [-0.4, -0.2) is 47.4 Å². The van der Waals surface area contributed by atoms with E-state index in [1.165, 1.54) is 0 Å². The number of pyridine rings is 1. The number of piperazine rings is 1. The van der Waals surface area contributed by atoms with Crippen molar-refractivity contribution in [2.45, 2.75) is 19.0 Å². The second-order valence-corrected chi connectivity index (χ2v) is 4.86. The lowest BCUT2D eigenvalue weighted by Gasteiger charge is -2.33. The van der Waals surface area contributed by atoms with Crippen LogP contribution in [0.2, 0.25) is 0 Å². The first kappa shape index (κ1) is 12.1. The first-order valence-electron chi connectivity index (χ1n) is 6.45. The molecule has 1 unspecified atom stereocenters. The van der Waals surface area contributed by atoms with Crippen LogP contribution in [0.25, 0.3) is 0 Å². The van der Waals surface area contributed by atoms with E-state index in [1.54, 1.807) is 6.20 Å². The second-order valence-electron chi connectivity index (χ2n) is 4.86. The first-order valence-corrected chi connectivity index (χ1v) is 6.45. The number of hydrogen-bond donors (Lipinski definition) is 2. The molecule has 1 aromatic rings. The summed E-state index contributed by atoms with van der Waals surface area (Å²) in [5, 5.41) is 5.68. The Morgan fingerprint density at radius 3 is 3.16 bits per heavy atom. The molecule has 19 heavy (non-hydrogen) atoms. The van der Waals surface area contributed by atoms with E-state index < -0.39 is 0 Å². The molecule has 2 N–H and O–H groups in total. The lowest BCUT2D eigenvalue weighted by Crippen LogP contribution is -2.59. The molecule has 0 aliphatic carbocycles. The van der Waals surface area contributed by atoms with Crippen molar-refractivity contribution in [2.75, 3.05) is 19.6 Å². The highest BCUT2D eigenvalue weighted by atomic mass is 16.2. The number of fused-ring (bicyclic) bond motifs is 1. The maximum atomic E-state index is 12.4. The SMILES string of the molecule is O=C1CNC(C(=O)N2CCc3ncccc3C2)CN1. The quantitative estimate of drug-likeness (QED) is 0.683. The first-order chi connectivity index (χ1) is 9.24. The van der Waals surface area contributed by atoms with E-state index in [9.17, 15) is 9.59 Å². The minimum absolute atomic E-state index is 0.0505. The fraction of sp³-hybridized carbons (Fsp3) is 0.462. The van der Waals surface area contributed by atoms with Gasteiger partial charge in [-0.2, -0.15) is 0 Å². The van der Waals surface area contributed by atoms with Crippen molar-refractivity contribution in [2.24, 2.45) is 0 Å². The summed E-state index contributed by atoms with van der Waals surface area (Å²) in [6, 6.07) is 3.60. The predicted molar refractivity (Wildman–Crippen MR) is 68.2 cm³/mol. The van der Waals surface area contributed by atoms with Crippen LogP contribution in [0.4, 0.5) is 0 Å².